The first-order chi connectivity index (χ1) is 14.9. The van der Waals surface area contributed by atoms with Crippen LogP contribution in [0.25, 0.3) is 0 Å². The third-order valence-corrected chi connectivity index (χ3v) is 12.3. The molecule has 4 N–H and O–H groups in total. The fourth-order valence-corrected chi connectivity index (χ4v) is 8.66. The average molecular weight is 522 g/mol. The van der Waals surface area contributed by atoms with Crippen LogP contribution < -0.4 is 10.9 Å². The molecular weight excluding hydrogens is 494 g/mol. The largest absolute Gasteiger partial charge is 0.326 e. The van der Waals surface area contributed by atoms with E-state index in [9.17, 15) is 25.3 Å². The minimum Gasteiger partial charge on any atom is -0.326 e. The first kappa shape index (κ1) is 25.3. The Hall–Kier alpha value is -1.35. The van der Waals surface area contributed by atoms with Crippen LogP contribution in [0, 0.1) is 0 Å². The molecule has 0 amide bonds. The van der Waals surface area contributed by atoms with Crippen LogP contribution in [0.2, 0.25) is 0 Å². The van der Waals surface area contributed by atoms with Gasteiger partial charge in [-0.2, -0.15) is 4.31 Å². The number of thiophene rings is 1. The predicted molar refractivity (Wildman–Crippen MR) is 123 cm³/mol. The lowest BCUT2D eigenvalue weighted by atomic mass is 10.1. The van der Waals surface area contributed by atoms with E-state index >= 15 is 0 Å². The zero-order chi connectivity index (χ0) is 23.7. The molecule has 13 heteroatoms. The molecule has 0 saturated carbocycles. The van der Waals surface area contributed by atoms with Gasteiger partial charge in [-0.15, -0.1) is 11.3 Å². The molecule has 2 heterocycles. The van der Waals surface area contributed by atoms with Gasteiger partial charge in [-0.05, 0) is 62.9 Å². The highest BCUT2D eigenvalue weighted by Gasteiger charge is 2.36. The number of sulfonamides is 2. The summed E-state index contributed by atoms with van der Waals surface area (Å²) < 4.78 is 77.1. The summed E-state index contributed by atoms with van der Waals surface area (Å²) in [7, 11) is -11.5. The van der Waals surface area contributed by atoms with Crippen molar-refractivity contribution in [1.82, 2.24) is 4.31 Å². The lowest BCUT2D eigenvalue weighted by Gasteiger charge is -2.25. The summed E-state index contributed by atoms with van der Waals surface area (Å²) in [5.74, 6) is 0. The van der Waals surface area contributed by atoms with E-state index in [0.717, 1.165) is 11.3 Å². The van der Waals surface area contributed by atoms with E-state index in [1.165, 1.54) is 41.6 Å². The molecule has 9 nitrogen and oxygen atoms in total. The van der Waals surface area contributed by atoms with Crippen LogP contribution in [0.5, 0.6) is 0 Å². The fraction of sp³-hybridized carbons (Fsp3) is 0.474. The van der Waals surface area contributed by atoms with Crippen LogP contribution in [0.4, 0.5) is 0 Å². The van der Waals surface area contributed by atoms with Gasteiger partial charge in [0, 0.05) is 24.0 Å². The van der Waals surface area contributed by atoms with Gasteiger partial charge in [-0.25, -0.2) is 30.4 Å². The molecule has 32 heavy (non-hydrogen) atoms. The molecule has 1 aliphatic rings. The van der Waals surface area contributed by atoms with Gasteiger partial charge in [-0.3, -0.25) is 0 Å². The molecule has 0 radical (unpaired) electrons. The summed E-state index contributed by atoms with van der Waals surface area (Å²) >= 11 is 1.05. The van der Waals surface area contributed by atoms with Crippen molar-refractivity contribution in [1.29, 1.82) is 0 Å². The van der Waals surface area contributed by atoms with Crippen molar-refractivity contribution in [2.24, 2.45) is 10.9 Å². The zero-order valence-corrected chi connectivity index (χ0v) is 20.8. The fourth-order valence-electron chi connectivity index (χ4n) is 3.67. The molecule has 0 aliphatic carbocycles. The van der Waals surface area contributed by atoms with Crippen LogP contribution in [-0.4, -0.2) is 47.4 Å². The summed E-state index contributed by atoms with van der Waals surface area (Å²) in [6, 6.07) is 8.05. The number of rotatable bonds is 9. The maximum absolute atomic E-state index is 13.3. The maximum atomic E-state index is 13.3. The average Bonchev–Trinajstić information content (AvgIpc) is 3.41. The Bertz CT molecular complexity index is 1290. The Labute approximate surface area is 193 Å². The van der Waals surface area contributed by atoms with Gasteiger partial charge in [-0.1, -0.05) is 6.07 Å². The first-order valence-electron chi connectivity index (χ1n) is 10.0. The number of nitrogens with zero attached hydrogens (tertiary/aromatic N) is 1. The number of benzene rings is 1. The van der Waals surface area contributed by atoms with Crippen LogP contribution in [0.3, 0.4) is 0 Å². The molecule has 1 unspecified atom stereocenters. The third kappa shape index (κ3) is 5.24. The maximum Gasteiger partial charge on any atom is 0.243 e. The van der Waals surface area contributed by atoms with Crippen molar-refractivity contribution in [2.75, 3.05) is 6.54 Å². The number of hydrogen-bond donors (Lipinski definition) is 2. The van der Waals surface area contributed by atoms with E-state index in [4.69, 9.17) is 10.9 Å². The van der Waals surface area contributed by atoms with E-state index in [1.54, 1.807) is 6.07 Å². The van der Waals surface area contributed by atoms with Gasteiger partial charge in [0.25, 0.3) is 0 Å². The highest BCUT2D eigenvalue weighted by Crippen LogP contribution is 2.32. The van der Waals surface area contributed by atoms with Crippen LogP contribution in [0.15, 0.2) is 50.4 Å². The number of hydrogen-bond acceptors (Lipinski definition) is 8. The topological polar surface area (TPSA) is 158 Å². The van der Waals surface area contributed by atoms with E-state index in [-0.39, 0.29) is 33.0 Å². The third-order valence-electron chi connectivity index (χ3n) is 5.62. The number of nitrogens with two attached hydrogens (primary N) is 2. The molecule has 1 aromatic heterocycles. The Morgan fingerprint density at radius 2 is 1.78 bits per heavy atom. The molecule has 3 rings (SSSR count). The number of sulfone groups is 1. The van der Waals surface area contributed by atoms with Gasteiger partial charge in [0.15, 0.2) is 0 Å². The second kappa shape index (κ2) is 9.49. The van der Waals surface area contributed by atoms with Crippen molar-refractivity contribution in [3.05, 3.63) is 41.3 Å². The first-order valence-corrected chi connectivity index (χ1v) is 15.4. The van der Waals surface area contributed by atoms with E-state index in [1.807, 2.05) is 0 Å². The quantitative estimate of drug-likeness (QED) is 0.508. The summed E-state index contributed by atoms with van der Waals surface area (Å²) in [5, 5.41) is 4.40. The summed E-state index contributed by atoms with van der Waals surface area (Å²) in [4.78, 5) is 0.490. The van der Waals surface area contributed by atoms with Gasteiger partial charge in [0.2, 0.25) is 29.9 Å². The summed E-state index contributed by atoms with van der Waals surface area (Å²) in [6.45, 7) is 2.01. The lowest BCUT2D eigenvalue weighted by Crippen LogP contribution is -2.36. The molecule has 1 aromatic carbocycles. The molecule has 2 atom stereocenters. The van der Waals surface area contributed by atoms with Crippen molar-refractivity contribution >= 4 is 41.2 Å². The highest BCUT2D eigenvalue weighted by molar-refractivity contribution is 7.93. The van der Waals surface area contributed by atoms with Gasteiger partial charge < -0.3 is 5.73 Å². The Morgan fingerprint density at radius 3 is 2.41 bits per heavy atom. The molecule has 2 aromatic rings. The van der Waals surface area contributed by atoms with E-state index < -0.39 is 35.1 Å². The Morgan fingerprint density at radius 1 is 1.09 bits per heavy atom. The predicted octanol–water partition coefficient (Wildman–Crippen LogP) is 1.65. The zero-order valence-electron chi connectivity index (χ0n) is 17.5. The van der Waals surface area contributed by atoms with Gasteiger partial charge in [0.1, 0.15) is 4.21 Å². The van der Waals surface area contributed by atoms with Crippen LogP contribution in [-0.2, 0) is 36.4 Å². The van der Waals surface area contributed by atoms with Crippen molar-refractivity contribution in [3.63, 3.8) is 0 Å². The standard InChI is InChI=1S/C19H27N3O6S4/c1-14(31(21,25)26)7-8-15-4-3-11-22(15)32(27,28)18-6-2-5-17(12-18)30(23,24)19-10-9-16(13-20)29-19/h2,5-6,9-10,12,14-15H,3-4,7-8,11,13,20H2,1H3,(H2,21,25,26)/t14-,15?/m0/s1. The van der Waals surface area contributed by atoms with Gasteiger partial charge in [0.05, 0.1) is 15.0 Å². The van der Waals surface area contributed by atoms with Gasteiger partial charge >= 0.3 is 0 Å². The molecule has 1 saturated heterocycles. The molecular formula is C19H27N3O6S4. The van der Waals surface area contributed by atoms with Crippen molar-refractivity contribution in [3.8, 4) is 0 Å². The lowest BCUT2D eigenvalue weighted by molar-refractivity contribution is 0.363. The molecule has 1 fully saturated rings. The van der Waals surface area contributed by atoms with Crippen molar-refractivity contribution < 1.29 is 25.3 Å². The minimum absolute atomic E-state index is 0.100. The highest BCUT2D eigenvalue weighted by atomic mass is 32.2. The van der Waals surface area contributed by atoms with Crippen LogP contribution >= 0.6 is 11.3 Å². The summed E-state index contributed by atoms with van der Waals surface area (Å²) in [5.41, 5.74) is 5.57. The second-order valence-corrected chi connectivity index (χ2v) is 15.0. The SMILES string of the molecule is C[C@@H](CCC1CCCN1S(=O)(=O)c1cccc(S(=O)(=O)c2ccc(CN)s2)c1)S(N)(=O)=O. The summed E-state index contributed by atoms with van der Waals surface area (Å²) in [6.07, 6.45) is 1.84. The number of primary sulfonamides is 1. The van der Waals surface area contributed by atoms with E-state index in [2.05, 4.69) is 0 Å². The van der Waals surface area contributed by atoms with E-state index in [0.29, 0.717) is 30.7 Å². The smallest absolute Gasteiger partial charge is 0.243 e. The molecule has 1 aliphatic heterocycles. The monoisotopic (exact) mass is 521 g/mol. The Kier molecular flexibility index (Phi) is 7.49. The molecule has 178 valence electrons. The minimum atomic E-state index is -3.96. The van der Waals surface area contributed by atoms with Crippen LogP contribution in [0.1, 0.15) is 37.5 Å². The molecule has 0 bridgehead atoms. The van der Waals surface area contributed by atoms with Crippen molar-refractivity contribution in [2.45, 2.75) is 64.4 Å². The second-order valence-electron chi connectivity index (χ2n) is 7.79. The normalized spacial score (nSPS) is 19.3. The molecule has 0 spiro atoms. The Balaban J connectivity index is 1.87.